The summed E-state index contributed by atoms with van der Waals surface area (Å²) in [6.07, 6.45) is 1.81. The predicted octanol–water partition coefficient (Wildman–Crippen LogP) is 2.70. The number of benzene rings is 1. The number of hydrogen-bond donors (Lipinski definition) is 2. The molecule has 3 nitrogen and oxygen atoms in total. The summed E-state index contributed by atoms with van der Waals surface area (Å²) in [5, 5.41) is 3.01. The summed E-state index contributed by atoms with van der Waals surface area (Å²) in [4.78, 5) is 4.40. The first-order valence-electron chi connectivity index (χ1n) is 5.92. The standard InChI is InChI=1S/C13H18FN3/c1-8-3-6-12(17-13(8)15)10-7-9(16-2)4-5-11(10)14/h4-5,7-8,12,16H,3,6H2,1-2H3,(H2,15,17). The van der Waals surface area contributed by atoms with E-state index in [0.29, 0.717) is 17.3 Å². The Kier molecular flexibility index (Phi) is 3.31. The quantitative estimate of drug-likeness (QED) is 0.828. The van der Waals surface area contributed by atoms with Crippen LogP contribution in [0.5, 0.6) is 0 Å². The minimum Gasteiger partial charge on any atom is -0.388 e. The first-order chi connectivity index (χ1) is 8.11. The molecule has 4 heteroatoms. The molecule has 0 amide bonds. The third-order valence-electron chi connectivity index (χ3n) is 3.33. The van der Waals surface area contributed by atoms with Gasteiger partial charge < -0.3 is 11.1 Å². The number of nitrogens with one attached hydrogen (secondary N) is 1. The third-order valence-corrected chi connectivity index (χ3v) is 3.33. The number of halogens is 1. The largest absolute Gasteiger partial charge is 0.388 e. The van der Waals surface area contributed by atoms with E-state index >= 15 is 0 Å². The lowest BCUT2D eigenvalue weighted by Crippen LogP contribution is -2.26. The van der Waals surface area contributed by atoms with Gasteiger partial charge in [0, 0.05) is 24.2 Å². The smallest absolute Gasteiger partial charge is 0.128 e. The molecule has 0 spiro atoms. The summed E-state index contributed by atoms with van der Waals surface area (Å²) >= 11 is 0. The molecule has 2 unspecified atom stereocenters. The van der Waals surface area contributed by atoms with Crippen molar-refractivity contribution in [1.29, 1.82) is 0 Å². The average Bonchev–Trinajstić information content (AvgIpc) is 2.33. The lowest BCUT2D eigenvalue weighted by Gasteiger charge is -2.24. The Labute approximate surface area is 101 Å². The Morgan fingerprint density at radius 3 is 2.82 bits per heavy atom. The van der Waals surface area contributed by atoms with Gasteiger partial charge in [0.05, 0.1) is 11.9 Å². The summed E-state index contributed by atoms with van der Waals surface area (Å²) in [5.74, 6) is 0.734. The van der Waals surface area contributed by atoms with Crippen molar-refractivity contribution in [3.63, 3.8) is 0 Å². The molecule has 3 N–H and O–H groups in total. The van der Waals surface area contributed by atoms with Gasteiger partial charge in [-0.1, -0.05) is 6.92 Å². The Hall–Kier alpha value is -1.58. The lowest BCUT2D eigenvalue weighted by atomic mass is 9.92. The van der Waals surface area contributed by atoms with E-state index in [2.05, 4.69) is 17.2 Å². The van der Waals surface area contributed by atoms with Crippen LogP contribution in [0.15, 0.2) is 23.2 Å². The van der Waals surface area contributed by atoms with Gasteiger partial charge in [0.2, 0.25) is 0 Å². The zero-order valence-corrected chi connectivity index (χ0v) is 10.2. The number of amidine groups is 1. The number of aliphatic imine (C=N–C) groups is 1. The second-order valence-corrected chi connectivity index (χ2v) is 4.53. The van der Waals surface area contributed by atoms with Gasteiger partial charge in [-0.25, -0.2) is 4.39 Å². The maximum absolute atomic E-state index is 13.8. The summed E-state index contributed by atoms with van der Waals surface area (Å²) in [5.41, 5.74) is 7.37. The molecule has 1 aromatic carbocycles. The van der Waals surface area contributed by atoms with Crippen LogP contribution in [0.2, 0.25) is 0 Å². The highest BCUT2D eigenvalue weighted by Gasteiger charge is 2.22. The zero-order valence-electron chi connectivity index (χ0n) is 10.2. The molecule has 0 saturated heterocycles. The van der Waals surface area contributed by atoms with E-state index in [1.165, 1.54) is 6.07 Å². The molecule has 0 radical (unpaired) electrons. The zero-order chi connectivity index (χ0) is 12.4. The number of nitrogens with zero attached hydrogens (tertiary/aromatic N) is 1. The number of nitrogens with two attached hydrogens (primary N) is 1. The summed E-state index contributed by atoms with van der Waals surface area (Å²) in [6, 6.07) is 4.87. The SMILES string of the molecule is CNc1ccc(F)c(C2CCC(C)C(N)=N2)c1. The van der Waals surface area contributed by atoms with Crippen molar-refractivity contribution >= 4 is 11.5 Å². The molecule has 1 aliphatic rings. The molecule has 0 aromatic heterocycles. The molecular weight excluding hydrogens is 217 g/mol. The maximum Gasteiger partial charge on any atom is 0.128 e. The van der Waals surface area contributed by atoms with Gasteiger partial charge in [-0.15, -0.1) is 0 Å². The van der Waals surface area contributed by atoms with Crippen LogP contribution in [0, 0.1) is 11.7 Å². The van der Waals surface area contributed by atoms with Crippen LogP contribution in [0.3, 0.4) is 0 Å². The number of anilines is 1. The van der Waals surface area contributed by atoms with Crippen molar-refractivity contribution in [3.05, 3.63) is 29.6 Å². The lowest BCUT2D eigenvalue weighted by molar-refractivity contribution is 0.497. The van der Waals surface area contributed by atoms with Gasteiger partial charge in [0.25, 0.3) is 0 Å². The molecule has 2 atom stereocenters. The van der Waals surface area contributed by atoms with Crippen molar-refractivity contribution in [2.24, 2.45) is 16.6 Å². The van der Waals surface area contributed by atoms with E-state index in [4.69, 9.17) is 5.73 Å². The molecule has 1 aliphatic heterocycles. The topological polar surface area (TPSA) is 50.4 Å². The molecule has 1 aromatic rings. The van der Waals surface area contributed by atoms with E-state index in [9.17, 15) is 4.39 Å². The number of rotatable bonds is 2. The van der Waals surface area contributed by atoms with Gasteiger partial charge >= 0.3 is 0 Å². The van der Waals surface area contributed by atoms with Gasteiger partial charge in [-0.2, -0.15) is 0 Å². The van der Waals surface area contributed by atoms with Gasteiger partial charge in [-0.3, -0.25) is 4.99 Å². The fourth-order valence-electron chi connectivity index (χ4n) is 2.11. The normalized spacial score (nSPS) is 24.3. The van der Waals surface area contributed by atoms with E-state index in [1.54, 1.807) is 6.07 Å². The van der Waals surface area contributed by atoms with Crippen LogP contribution in [0.4, 0.5) is 10.1 Å². The Balaban J connectivity index is 2.34. The Bertz CT molecular complexity index is 442. The number of hydrogen-bond acceptors (Lipinski definition) is 3. The van der Waals surface area contributed by atoms with Gasteiger partial charge in [0.1, 0.15) is 5.82 Å². The van der Waals surface area contributed by atoms with Crippen molar-refractivity contribution in [2.75, 3.05) is 12.4 Å². The molecule has 1 heterocycles. The average molecular weight is 235 g/mol. The first-order valence-corrected chi connectivity index (χ1v) is 5.92. The summed E-state index contributed by atoms with van der Waals surface area (Å²) in [7, 11) is 1.82. The van der Waals surface area contributed by atoms with E-state index in [1.807, 2.05) is 13.1 Å². The molecule has 0 aliphatic carbocycles. The van der Waals surface area contributed by atoms with Gasteiger partial charge in [-0.05, 0) is 31.0 Å². The van der Waals surface area contributed by atoms with Crippen molar-refractivity contribution in [1.82, 2.24) is 0 Å². The molecular formula is C13H18FN3. The molecule has 17 heavy (non-hydrogen) atoms. The second kappa shape index (κ2) is 4.73. The fourth-order valence-corrected chi connectivity index (χ4v) is 2.11. The highest BCUT2D eigenvalue weighted by atomic mass is 19.1. The Morgan fingerprint density at radius 2 is 2.18 bits per heavy atom. The third kappa shape index (κ3) is 2.40. The van der Waals surface area contributed by atoms with E-state index < -0.39 is 0 Å². The molecule has 0 bridgehead atoms. The first kappa shape index (κ1) is 11.9. The summed E-state index contributed by atoms with van der Waals surface area (Å²) in [6.45, 7) is 2.05. The fraction of sp³-hybridized carbons (Fsp3) is 0.462. The molecule has 0 fully saturated rings. The highest BCUT2D eigenvalue weighted by Crippen LogP contribution is 2.32. The van der Waals surface area contributed by atoms with Crippen LogP contribution in [0.25, 0.3) is 0 Å². The van der Waals surface area contributed by atoms with Crippen molar-refractivity contribution < 1.29 is 4.39 Å². The van der Waals surface area contributed by atoms with Crippen molar-refractivity contribution in [2.45, 2.75) is 25.8 Å². The van der Waals surface area contributed by atoms with Crippen LogP contribution in [-0.4, -0.2) is 12.9 Å². The van der Waals surface area contributed by atoms with Crippen LogP contribution < -0.4 is 11.1 Å². The monoisotopic (exact) mass is 235 g/mol. The molecule has 0 saturated carbocycles. The predicted molar refractivity (Wildman–Crippen MR) is 68.7 cm³/mol. The second-order valence-electron chi connectivity index (χ2n) is 4.53. The van der Waals surface area contributed by atoms with Crippen molar-refractivity contribution in [3.8, 4) is 0 Å². The molecule has 2 rings (SSSR count). The minimum atomic E-state index is -0.208. The van der Waals surface area contributed by atoms with E-state index in [-0.39, 0.29) is 11.9 Å². The Morgan fingerprint density at radius 1 is 1.41 bits per heavy atom. The summed E-state index contributed by atoms with van der Waals surface area (Å²) < 4.78 is 13.8. The minimum absolute atomic E-state index is 0.139. The molecule has 92 valence electrons. The van der Waals surface area contributed by atoms with Crippen LogP contribution in [0.1, 0.15) is 31.4 Å². The highest BCUT2D eigenvalue weighted by molar-refractivity contribution is 5.83. The van der Waals surface area contributed by atoms with Gasteiger partial charge in [0.15, 0.2) is 0 Å². The maximum atomic E-state index is 13.8. The van der Waals surface area contributed by atoms with Crippen LogP contribution >= 0.6 is 0 Å². The van der Waals surface area contributed by atoms with E-state index in [0.717, 1.165) is 18.5 Å². The van der Waals surface area contributed by atoms with Crippen LogP contribution in [-0.2, 0) is 0 Å².